The molecule has 0 spiro atoms. The number of benzene rings is 4. The molecule has 0 aliphatic rings. The number of unbranched alkanes of at least 4 members (excludes halogenated alkanes) is 3. The van der Waals surface area contributed by atoms with Crippen molar-refractivity contribution in [2.75, 3.05) is 0 Å². The predicted octanol–water partition coefficient (Wildman–Crippen LogP) is 8.85. The van der Waals surface area contributed by atoms with E-state index in [0.717, 1.165) is 34.7 Å². The summed E-state index contributed by atoms with van der Waals surface area (Å²) in [5, 5.41) is 2.64. The molecule has 0 amide bonds. The van der Waals surface area contributed by atoms with Gasteiger partial charge in [-0.2, -0.15) is 0 Å². The van der Waals surface area contributed by atoms with Crippen molar-refractivity contribution in [2.45, 2.75) is 39.0 Å². The van der Waals surface area contributed by atoms with E-state index in [9.17, 15) is 8.78 Å². The van der Waals surface area contributed by atoms with Gasteiger partial charge in [0.05, 0.1) is 0 Å². The Morgan fingerprint density at radius 2 is 1.43 bits per heavy atom. The number of rotatable bonds is 6. The molecule has 0 N–H and O–H groups in total. The van der Waals surface area contributed by atoms with Crippen LogP contribution in [0.2, 0.25) is 5.02 Å². The first-order chi connectivity index (χ1) is 14.5. The molecule has 0 bridgehead atoms. The monoisotopic (exact) mass is 426 g/mol. The van der Waals surface area contributed by atoms with Crippen molar-refractivity contribution in [3.05, 3.63) is 82.6 Å². The second-order valence-corrected chi connectivity index (χ2v) is 8.09. The highest BCUT2D eigenvalue weighted by atomic mass is 35.5. The summed E-state index contributed by atoms with van der Waals surface area (Å²) in [6.07, 6.45) is 5.90. The smallest absolute Gasteiger partial charge is 0.145 e. The third-order valence-corrected chi connectivity index (χ3v) is 5.99. The summed E-state index contributed by atoms with van der Waals surface area (Å²) in [6, 6.07) is 15.4. The van der Waals surface area contributed by atoms with Crippen LogP contribution in [0.1, 0.15) is 38.2 Å². The fourth-order valence-corrected chi connectivity index (χ4v) is 4.11. The first kappa shape index (κ1) is 20.7. The van der Waals surface area contributed by atoms with Crippen LogP contribution in [-0.4, -0.2) is 0 Å². The molecule has 0 heterocycles. The maximum atomic E-state index is 15.3. The van der Waals surface area contributed by atoms with E-state index in [1.54, 1.807) is 18.2 Å². The standard InChI is InChI=1S/C26H22ClF3/c1-2-3-4-5-6-16-7-9-19-17(13-16)8-10-22-21(19)12-11-20(26(22)30)18-14-23(28)25(27)24(29)15-18/h7-15H,2-6H2,1H3. The van der Waals surface area contributed by atoms with Crippen LogP contribution in [0.4, 0.5) is 13.2 Å². The second kappa shape index (κ2) is 8.69. The fourth-order valence-electron chi connectivity index (χ4n) is 4.00. The normalized spacial score (nSPS) is 11.5. The lowest BCUT2D eigenvalue weighted by molar-refractivity contribution is 0.584. The molecule has 0 nitrogen and oxygen atoms in total. The highest BCUT2D eigenvalue weighted by Crippen LogP contribution is 2.35. The van der Waals surface area contributed by atoms with E-state index in [1.165, 1.54) is 31.2 Å². The molecular weight excluding hydrogens is 405 g/mol. The summed E-state index contributed by atoms with van der Waals surface area (Å²) in [5.74, 6) is -2.31. The lowest BCUT2D eigenvalue weighted by Crippen LogP contribution is -1.92. The zero-order valence-corrected chi connectivity index (χ0v) is 17.5. The van der Waals surface area contributed by atoms with Gasteiger partial charge in [-0.05, 0) is 52.3 Å². The lowest BCUT2D eigenvalue weighted by Gasteiger charge is -2.11. The number of aryl methyl sites for hydroxylation is 1. The fraction of sp³-hybridized carbons (Fsp3) is 0.231. The van der Waals surface area contributed by atoms with Crippen LogP contribution in [0.3, 0.4) is 0 Å². The molecule has 0 fully saturated rings. The highest BCUT2D eigenvalue weighted by Gasteiger charge is 2.15. The van der Waals surface area contributed by atoms with E-state index in [2.05, 4.69) is 19.1 Å². The summed E-state index contributed by atoms with van der Waals surface area (Å²) in [6.45, 7) is 2.20. The average molecular weight is 427 g/mol. The maximum absolute atomic E-state index is 15.3. The first-order valence-electron chi connectivity index (χ1n) is 10.3. The van der Waals surface area contributed by atoms with Crippen LogP contribution in [0.25, 0.3) is 32.7 Å². The van der Waals surface area contributed by atoms with Crippen molar-refractivity contribution in [1.29, 1.82) is 0 Å². The number of halogens is 4. The van der Waals surface area contributed by atoms with Crippen LogP contribution >= 0.6 is 11.6 Å². The Balaban J connectivity index is 1.75. The maximum Gasteiger partial charge on any atom is 0.145 e. The first-order valence-corrected chi connectivity index (χ1v) is 10.7. The molecule has 0 atom stereocenters. The summed E-state index contributed by atoms with van der Waals surface area (Å²) in [7, 11) is 0. The van der Waals surface area contributed by atoms with Crippen LogP contribution in [0.5, 0.6) is 0 Å². The van der Waals surface area contributed by atoms with Crippen LogP contribution in [0.15, 0.2) is 54.6 Å². The van der Waals surface area contributed by atoms with Gasteiger partial charge in [0.2, 0.25) is 0 Å². The van der Waals surface area contributed by atoms with E-state index in [1.807, 2.05) is 12.1 Å². The van der Waals surface area contributed by atoms with Gasteiger partial charge in [-0.25, -0.2) is 13.2 Å². The summed E-state index contributed by atoms with van der Waals surface area (Å²) < 4.78 is 43.0. The highest BCUT2D eigenvalue weighted by molar-refractivity contribution is 6.31. The number of hydrogen-bond acceptors (Lipinski definition) is 0. The molecule has 4 heteroatoms. The van der Waals surface area contributed by atoms with Crippen LogP contribution < -0.4 is 0 Å². The van der Waals surface area contributed by atoms with Crippen molar-refractivity contribution in [3.8, 4) is 11.1 Å². The minimum Gasteiger partial charge on any atom is -0.206 e. The largest absolute Gasteiger partial charge is 0.206 e. The molecule has 0 radical (unpaired) electrons. The molecule has 0 saturated heterocycles. The summed E-state index contributed by atoms with van der Waals surface area (Å²) >= 11 is 5.55. The average Bonchev–Trinajstić information content (AvgIpc) is 2.74. The van der Waals surface area contributed by atoms with Gasteiger partial charge < -0.3 is 0 Å². The minimum absolute atomic E-state index is 0.122. The molecule has 0 saturated carbocycles. The predicted molar refractivity (Wildman–Crippen MR) is 120 cm³/mol. The topological polar surface area (TPSA) is 0 Å². The van der Waals surface area contributed by atoms with Crippen molar-refractivity contribution in [1.82, 2.24) is 0 Å². The van der Waals surface area contributed by atoms with Gasteiger partial charge >= 0.3 is 0 Å². The van der Waals surface area contributed by atoms with Gasteiger partial charge in [0.1, 0.15) is 22.5 Å². The quantitative estimate of drug-likeness (QED) is 0.164. The molecule has 4 rings (SSSR count). The van der Waals surface area contributed by atoms with E-state index in [0.29, 0.717) is 5.39 Å². The molecule has 0 aliphatic carbocycles. The SMILES string of the molecule is CCCCCCc1ccc2c(ccc3c(F)c(-c4cc(F)c(Cl)c(F)c4)ccc32)c1. The Kier molecular flexibility index (Phi) is 6.01. The minimum atomic E-state index is -0.906. The Morgan fingerprint density at radius 1 is 0.733 bits per heavy atom. The summed E-state index contributed by atoms with van der Waals surface area (Å²) in [4.78, 5) is 0. The van der Waals surface area contributed by atoms with Gasteiger partial charge in [0.25, 0.3) is 0 Å². The van der Waals surface area contributed by atoms with Crippen molar-refractivity contribution < 1.29 is 13.2 Å². The van der Waals surface area contributed by atoms with Gasteiger partial charge in [-0.15, -0.1) is 0 Å². The van der Waals surface area contributed by atoms with E-state index in [4.69, 9.17) is 11.6 Å². The molecule has 0 unspecified atom stereocenters. The Labute approximate surface area is 179 Å². The molecule has 0 aromatic heterocycles. The van der Waals surface area contributed by atoms with Crippen molar-refractivity contribution in [3.63, 3.8) is 0 Å². The van der Waals surface area contributed by atoms with E-state index >= 15 is 4.39 Å². The van der Waals surface area contributed by atoms with Crippen molar-refractivity contribution >= 4 is 33.1 Å². The third-order valence-electron chi connectivity index (χ3n) is 5.63. The van der Waals surface area contributed by atoms with Crippen molar-refractivity contribution in [2.24, 2.45) is 0 Å². The summed E-state index contributed by atoms with van der Waals surface area (Å²) in [5.41, 5.74) is 1.54. The van der Waals surface area contributed by atoms with Crippen LogP contribution in [0, 0.1) is 17.5 Å². The van der Waals surface area contributed by atoms with Gasteiger partial charge in [0.15, 0.2) is 0 Å². The van der Waals surface area contributed by atoms with Gasteiger partial charge in [-0.1, -0.05) is 80.3 Å². The Bertz CT molecular complexity index is 1210. The Morgan fingerprint density at radius 3 is 2.17 bits per heavy atom. The third kappa shape index (κ3) is 3.91. The van der Waals surface area contributed by atoms with Gasteiger partial charge in [-0.3, -0.25) is 0 Å². The molecule has 0 aliphatic heterocycles. The van der Waals surface area contributed by atoms with E-state index in [-0.39, 0.29) is 11.1 Å². The zero-order chi connectivity index (χ0) is 21.3. The molecule has 4 aromatic carbocycles. The molecular formula is C26H22ClF3. The van der Waals surface area contributed by atoms with E-state index < -0.39 is 22.5 Å². The second-order valence-electron chi connectivity index (χ2n) is 7.71. The van der Waals surface area contributed by atoms with Gasteiger partial charge in [0, 0.05) is 10.9 Å². The zero-order valence-electron chi connectivity index (χ0n) is 16.7. The number of hydrogen-bond donors (Lipinski definition) is 0. The molecule has 154 valence electrons. The molecule has 4 aromatic rings. The molecule has 30 heavy (non-hydrogen) atoms. The Hall–Kier alpha value is -2.52. The van der Waals surface area contributed by atoms with Crippen LogP contribution in [-0.2, 0) is 6.42 Å². The lowest BCUT2D eigenvalue weighted by atomic mass is 9.95. The number of fused-ring (bicyclic) bond motifs is 3.